The first-order valence-electron chi connectivity index (χ1n) is 7.44. The number of aryl methyl sites for hydroxylation is 1. The molecule has 116 valence electrons. The lowest BCUT2D eigenvalue weighted by molar-refractivity contribution is 0.0869. The Hall–Kier alpha value is -1.42. The predicted molar refractivity (Wildman–Crippen MR) is 82.9 cm³/mol. The molecule has 0 bridgehead atoms. The summed E-state index contributed by atoms with van der Waals surface area (Å²) in [5.74, 6) is -0.786. The molecule has 1 fully saturated rings. The number of hydrogen-bond donors (Lipinski definition) is 2. The van der Waals surface area contributed by atoms with Gasteiger partial charge >= 0.3 is 0 Å². The third-order valence-electron chi connectivity index (χ3n) is 3.89. The summed E-state index contributed by atoms with van der Waals surface area (Å²) in [6.07, 6.45) is 1.66. The third-order valence-corrected chi connectivity index (χ3v) is 3.89. The fraction of sp³-hybridized carbons (Fsp3) is 0.588. The van der Waals surface area contributed by atoms with Crippen LogP contribution in [0.2, 0.25) is 0 Å². The lowest BCUT2D eigenvalue weighted by atomic mass is 9.79. The van der Waals surface area contributed by atoms with E-state index in [0.29, 0.717) is 0 Å². The van der Waals surface area contributed by atoms with E-state index in [-0.39, 0.29) is 28.6 Å². The van der Waals surface area contributed by atoms with E-state index < -0.39 is 5.82 Å². The molecule has 1 saturated heterocycles. The van der Waals surface area contributed by atoms with Crippen molar-refractivity contribution in [1.29, 1.82) is 0 Å². The van der Waals surface area contributed by atoms with Gasteiger partial charge in [-0.3, -0.25) is 4.79 Å². The molecule has 0 spiro atoms. The zero-order valence-corrected chi connectivity index (χ0v) is 13.5. The summed E-state index contributed by atoms with van der Waals surface area (Å²) in [5, 5.41) is 6.56. The number of piperidine rings is 1. The zero-order chi connectivity index (χ0) is 15.8. The molecule has 2 N–H and O–H groups in total. The highest BCUT2D eigenvalue weighted by atomic mass is 19.1. The second kappa shape index (κ2) is 5.41. The summed E-state index contributed by atoms with van der Waals surface area (Å²) >= 11 is 0. The Morgan fingerprint density at radius 3 is 2.33 bits per heavy atom. The largest absolute Gasteiger partial charge is 0.349 e. The van der Waals surface area contributed by atoms with Gasteiger partial charge in [-0.25, -0.2) is 4.39 Å². The number of hydrogen-bond acceptors (Lipinski definition) is 2. The molecule has 1 aliphatic heterocycles. The Balaban J connectivity index is 2.12. The molecule has 1 aromatic carbocycles. The molecule has 0 unspecified atom stereocenters. The van der Waals surface area contributed by atoms with Crippen LogP contribution in [-0.2, 0) is 0 Å². The molecule has 0 aromatic heterocycles. The van der Waals surface area contributed by atoms with Crippen molar-refractivity contribution in [3.63, 3.8) is 0 Å². The monoisotopic (exact) mass is 292 g/mol. The summed E-state index contributed by atoms with van der Waals surface area (Å²) in [6.45, 7) is 10.3. The molecular formula is C17H25FN2O. The minimum atomic E-state index is -0.458. The van der Waals surface area contributed by atoms with E-state index >= 15 is 0 Å². The van der Waals surface area contributed by atoms with Crippen LogP contribution < -0.4 is 10.6 Å². The van der Waals surface area contributed by atoms with Gasteiger partial charge in [-0.15, -0.1) is 0 Å². The van der Waals surface area contributed by atoms with E-state index in [1.807, 2.05) is 6.92 Å². The topological polar surface area (TPSA) is 41.1 Å². The number of halogens is 1. The molecule has 0 aliphatic carbocycles. The Morgan fingerprint density at radius 2 is 1.81 bits per heavy atom. The van der Waals surface area contributed by atoms with Crippen molar-refractivity contribution < 1.29 is 9.18 Å². The first-order valence-corrected chi connectivity index (χ1v) is 7.44. The standard InChI is InChI=1S/C17H25FN2O/c1-11-6-7-13(14(18)8-11)15(21)19-12-9-16(2,3)20-17(4,5)10-12/h6-8,12,20H,9-10H2,1-5H3,(H,19,21). The first-order chi connectivity index (χ1) is 9.58. The summed E-state index contributed by atoms with van der Waals surface area (Å²) in [6, 6.07) is 4.75. The summed E-state index contributed by atoms with van der Waals surface area (Å²) in [5.41, 5.74) is 0.833. The van der Waals surface area contributed by atoms with Crippen molar-refractivity contribution >= 4 is 5.91 Å². The van der Waals surface area contributed by atoms with Crippen LogP contribution in [0.25, 0.3) is 0 Å². The normalized spacial score (nSPS) is 21.0. The van der Waals surface area contributed by atoms with Crippen LogP contribution in [-0.4, -0.2) is 23.0 Å². The zero-order valence-electron chi connectivity index (χ0n) is 13.5. The van der Waals surface area contributed by atoms with Crippen LogP contribution in [0.3, 0.4) is 0 Å². The minimum absolute atomic E-state index is 0.0458. The number of nitrogens with one attached hydrogen (secondary N) is 2. The molecule has 1 amide bonds. The summed E-state index contributed by atoms with van der Waals surface area (Å²) < 4.78 is 13.9. The fourth-order valence-corrected chi connectivity index (χ4v) is 3.49. The molecule has 21 heavy (non-hydrogen) atoms. The van der Waals surface area contributed by atoms with Crippen LogP contribution in [0.4, 0.5) is 4.39 Å². The van der Waals surface area contributed by atoms with Crippen molar-refractivity contribution in [2.45, 2.75) is 64.6 Å². The van der Waals surface area contributed by atoms with E-state index in [4.69, 9.17) is 0 Å². The molecule has 1 aromatic rings. The highest BCUT2D eigenvalue weighted by Crippen LogP contribution is 2.28. The van der Waals surface area contributed by atoms with Crippen LogP contribution in [0.1, 0.15) is 56.5 Å². The van der Waals surface area contributed by atoms with Crippen molar-refractivity contribution in [3.8, 4) is 0 Å². The lowest BCUT2D eigenvalue weighted by Crippen LogP contribution is -2.62. The van der Waals surface area contributed by atoms with Gasteiger partial charge in [-0.05, 0) is 65.2 Å². The molecule has 3 nitrogen and oxygen atoms in total. The van der Waals surface area contributed by atoms with Gasteiger partial charge in [0.15, 0.2) is 0 Å². The third kappa shape index (κ3) is 4.03. The Kier molecular flexibility index (Phi) is 4.11. The van der Waals surface area contributed by atoms with Gasteiger partial charge in [0.25, 0.3) is 5.91 Å². The summed E-state index contributed by atoms with van der Waals surface area (Å²) in [7, 11) is 0. The van der Waals surface area contributed by atoms with Crippen LogP contribution >= 0.6 is 0 Å². The van der Waals surface area contributed by atoms with Crippen LogP contribution in [0, 0.1) is 12.7 Å². The fourth-order valence-electron chi connectivity index (χ4n) is 3.49. The van der Waals surface area contributed by atoms with Crippen molar-refractivity contribution in [2.24, 2.45) is 0 Å². The molecule has 0 saturated carbocycles. The van der Waals surface area contributed by atoms with Gasteiger partial charge in [-0.2, -0.15) is 0 Å². The molecule has 0 radical (unpaired) electrons. The molecule has 1 aliphatic rings. The van der Waals surface area contributed by atoms with Crippen molar-refractivity contribution in [1.82, 2.24) is 10.6 Å². The smallest absolute Gasteiger partial charge is 0.254 e. The van der Waals surface area contributed by atoms with E-state index in [0.717, 1.165) is 18.4 Å². The van der Waals surface area contributed by atoms with Crippen molar-refractivity contribution in [2.75, 3.05) is 0 Å². The SMILES string of the molecule is Cc1ccc(C(=O)NC2CC(C)(C)NC(C)(C)C2)c(F)c1. The maximum Gasteiger partial charge on any atom is 0.254 e. The van der Waals surface area contributed by atoms with Gasteiger partial charge in [0.05, 0.1) is 5.56 Å². The molecule has 1 heterocycles. The Labute approximate surface area is 126 Å². The van der Waals surface area contributed by atoms with Crippen molar-refractivity contribution in [3.05, 3.63) is 35.1 Å². The second-order valence-electron chi connectivity index (χ2n) is 7.45. The first kappa shape index (κ1) is 16.0. The Morgan fingerprint density at radius 1 is 1.24 bits per heavy atom. The van der Waals surface area contributed by atoms with Gasteiger partial charge in [0.1, 0.15) is 5.82 Å². The Bertz CT molecular complexity index is 536. The van der Waals surface area contributed by atoms with E-state index in [1.54, 1.807) is 12.1 Å². The van der Waals surface area contributed by atoms with E-state index in [9.17, 15) is 9.18 Å². The average Bonchev–Trinajstić information content (AvgIpc) is 2.23. The summed E-state index contributed by atoms with van der Waals surface area (Å²) in [4.78, 5) is 12.3. The van der Waals surface area contributed by atoms with Crippen LogP contribution in [0.15, 0.2) is 18.2 Å². The molecular weight excluding hydrogens is 267 g/mol. The van der Waals surface area contributed by atoms with E-state index in [2.05, 4.69) is 38.3 Å². The quantitative estimate of drug-likeness (QED) is 0.879. The molecule has 0 atom stereocenters. The van der Waals surface area contributed by atoms with Gasteiger partial charge in [0, 0.05) is 17.1 Å². The van der Waals surface area contributed by atoms with E-state index in [1.165, 1.54) is 6.07 Å². The second-order valence-corrected chi connectivity index (χ2v) is 7.45. The molecule has 2 rings (SSSR count). The number of carbonyl (C=O) groups excluding carboxylic acids is 1. The van der Waals surface area contributed by atoms with Gasteiger partial charge in [0.2, 0.25) is 0 Å². The number of carbonyl (C=O) groups is 1. The number of rotatable bonds is 2. The highest BCUT2D eigenvalue weighted by molar-refractivity contribution is 5.94. The number of benzene rings is 1. The predicted octanol–water partition coefficient (Wildman–Crippen LogP) is 3.17. The van der Waals surface area contributed by atoms with Crippen LogP contribution in [0.5, 0.6) is 0 Å². The minimum Gasteiger partial charge on any atom is -0.349 e. The number of amides is 1. The maximum atomic E-state index is 13.9. The van der Waals surface area contributed by atoms with Gasteiger partial charge in [-0.1, -0.05) is 6.07 Å². The average molecular weight is 292 g/mol. The highest BCUT2D eigenvalue weighted by Gasteiger charge is 2.38. The molecule has 4 heteroatoms. The van der Waals surface area contributed by atoms with Gasteiger partial charge < -0.3 is 10.6 Å². The maximum absolute atomic E-state index is 13.9. The lowest BCUT2D eigenvalue weighted by Gasteiger charge is -2.46.